The maximum Gasteiger partial charge on any atom is 0.236 e. The van der Waals surface area contributed by atoms with Crippen LogP contribution in [-0.4, -0.2) is 5.91 Å². The van der Waals surface area contributed by atoms with Gasteiger partial charge in [-0.3, -0.25) is 10.2 Å². The van der Waals surface area contributed by atoms with Crippen LogP contribution in [-0.2, 0) is 4.79 Å². The van der Waals surface area contributed by atoms with Gasteiger partial charge in [0.05, 0.1) is 0 Å². The van der Waals surface area contributed by atoms with Crippen molar-refractivity contribution < 1.29 is 4.79 Å². The van der Waals surface area contributed by atoms with E-state index in [1.54, 1.807) is 0 Å². The fraction of sp³-hybridized carbons (Fsp3) is 0.917. The van der Waals surface area contributed by atoms with Gasteiger partial charge in [-0.25, -0.2) is 5.84 Å². The molecule has 15 heavy (non-hydrogen) atoms. The van der Waals surface area contributed by atoms with Crippen molar-refractivity contribution in [2.45, 2.75) is 58.3 Å². The lowest BCUT2D eigenvalue weighted by Crippen LogP contribution is -2.37. The molecule has 1 aliphatic carbocycles. The van der Waals surface area contributed by atoms with Gasteiger partial charge >= 0.3 is 0 Å². The lowest BCUT2D eigenvalue weighted by Gasteiger charge is -2.27. The van der Waals surface area contributed by atoms with E-state index >= 15 is 0 Å². The topological polar surface area (TPSA) is 55.1 Å². The molecule has 0 heterocycles. The van der Waals surface area contributed by atoms with Gasteiger partial charge in [0.1, 0.15) is 0 Å². The second kappa shape index (κ2) is 6.83. The molecule has 3 N–H and O–H groups in total. The van der Waals surface area contributed by atoms with Gasteiger partial charge in [0.2, 0.25) is 5.91 Å². The first kappa shape index (κ1) is 12.5. The van der Waals surface area contributed by atoms with Gasteiger partial charge < -0.3 is 0 Å². The number of carbonyl (C=O) groups is 1. The average molecular weight is 212 g/mol. The van der Waals surface area contributed by atoms with Crippen LogP contribution >= 0.6 is 0 Å². The summed E-state index contributed by atoms with van der Waals surface area (Å²) in [5.41, 5.74) is 2.26. The summed E-state index contributed by atoms with van der Waals surface area (Å²) in [7, 11) is 0. The fourth-order valence-electron chi connectivity index (χ4n) is 2.51. The number of nitrogens with two attached hydrogens (primary N) is 1. The first-order chi connectivity index (χ1) is 7.27. The monoisotopic (exact) mass is 212 g/mol. The third-order valence-corrected chi connectivity index (χ3v) is 3.58. The molecule has 0 aromatic heterocycles. The van der Waals surface area contributed by atoms with E-state index in [2.05, 4.69) is 12.3 Å². The summed E-state index contributed by atoms with van der Waals surface area (Å²) in [4.78, 5) is 11.3. The lowest BCUT2D eigenvalue weighted by atomic mass is 9.79. The highest BCUT2D eigenvalue weighted by Gasteiger charge is 2.25. The Morgan fingerprint density at radius 2 is 1.93 bits per heavy atom. The third-order valence-electron chi connectivity index (χ3n) is 3.58. The maximum absolute atomic E-state index is 11.3. The number of amides is 1. The Bertz CT molecular complexity index is 186. The van der Waals surface area contributed by atoms with Crippen molar-refractivity contribution in [2.75, 3.05) is 0 Å². The SMILES string of the molecule is CCCCCC1CCC(C(=O)NN)CC1. The molecule has 88 valence electrons. The van der Waals surface area contributed by atoms with Crippen LogP contribution in [0.25, 0.3) is 0 Å². The number of rotatable bonds is 5. The smallest absolute Gasteiger partial charge is 0.236 e. The molecular formula is C12H24N2O. The van der Waals surface area contributed by atoms with E-state index < -0.39 is 0 Å². The Hall–Kier alpha value is -0.570. The quantitative estimate of drug-likeness (QED) is 0.318. The molecule has 0 bridgehead atoms. The lowest BCUT2D eigenvalue weighted by molar-refractivity contribution is -0.126. The number of hydrogen-bond donors (Lipinski definition) is 2. The van der Waals surface area contributed by atoms with Crippen molar-refractivity contribution in [3.8, 4) is 0 Å². The largest absolute Gasteiger partial charge is 0.294 e. The van der Waals surface area contributed by atoms with Crippen LogP contribution < -0.4 is 11.3 Å². The highest BCUT2D eigenvalue weighted by atomic mass is 16.2. The molecule has 0 radical (unpaired) electrons. The van der Waals surface area contributed by atoms with Gasteiger partial charge in [0.25, 0.3) is 0 Å². The molecular weight excluding hydrogens is 188 g/mol. The standard InChI is InChI=1S/C12H24N2O/c1-2-3-4-5-10-6-8-11(9-7-10)12(15)14-13/h10-11H,2-9,13H2,1H3,(H,14,15). The first-order valence-electron chi connectivity index (χ1n) is 6.28. The Morgan fingerprint density at radius 3 is 2.47 bits per heavy atom. The number of unbranched alkanes of at least 4 members (excludes halogenated alkanes) is 2. The summed E-state index contributed by atoms with van der Waals surface area (Å²) in [6.45, 7) is 2.24. The Balaban J connectivity index is 2.15. The molecule has 1 saturated carbocycles. The van der Waals surface area contributed by atoms with Crippen LogP contribution in [0.5, 0.6) is 0 Å². The van der Waals surface area contributed by atoms with E-state index in [1.807, 2.05) is 0 Å². The van der Waals surface area contributed by atoms with Crippen LogP contribution in [0.4, 0.5) is 0 Å². The van der Waals surface area contributed by atoms with Crippen LogP contribution in [0.2, 0.25) is 0 Å². The van der Waals surface area contributed by atoms with E-state index in [1.165, 1.54) is 38.5 Å². The van der Waals surface area contributed by atoms with Gasteiger partial charge in [0.15, 0.2) is 0 Å². The van der Waals surface area contributed by atoms with Crippen molar-refractivity contribution in [3.05, 3.63) is 0 Å². The minimum atomic E-state index is 0.0296. The molecule has 0 saturated heterocycles. The summed E-state index contributed by atoms with van der Waals surface area (Å²) < 4.78 is 0. The summed E-state index contributed by atoms with van der Waals surface area (Å²) in [5, 5.41) is 0. The van der Waals surface area contributed by atoms with Gasteiger partial charge in [-0.15, -0.1) is 0 Å². The van der Waals surface area contributed by atoms with Crippen molar-refractivity contribution in [1.29, 1.82) is 0 Å². The highest BCUT2D eigenvalue weighted by molar-refractivity contribution is 5.77. The molecule has 3 heteroatoms. The molecule has 3 nitrogen and oxygen atoms in total. The van der Waals surface area contributed by atoms with E-state index in [0.29, 0.717) is 0 Å². The average Bonchev–Trinajstić information content (AvgIpc) is 2.29. The molecule has 0 unspecified atom stereocenters. The number of hydrogen-bond acceptors (Lipinski definition) is 2. The molecule has 1 rings (SSSR count). The maximum atomic E-state index is 11.3. The Labute approximate surface area is 92.8 Å². The molecule has 0 aliphatic heterocycles. The first-order valence-corrected chi connectivity index (χ1v) is 6.28. The van der Waals surface area contributed by atoms with Crippen molar-refractivity contribution in [3.63, 3.8) is 0 Å². The van der Waals surface area contributed by atoms with Crippen molar-refractivity contribution in [1.82, 2.24) is 5.43 Å². The van der Waals surface area contributed by atoms with Gasteiger partial charge in [-0.1, -0.05) is 32.6 Å². The fourth-order valence-corrected chi connectivity index (χ4v) is 2.51. The van der Waals surface area contributed by atoms with Gasteiger partial charge in [-0.2, -0.15) is 0 Å². The highest BCUT2D eigenvalue weighted by Crippen LogP contribution is 2.31. The number of hydrazine groups is 1. The van der Waals surface area contributed by atoms with Crippen molar-refractivity contribution in [2.24, 2.45) is 17.7 Å². The minimum Gasteiger partial charge on any atom is -0.294 e. The zero-order chi connectivity index (χ0) is 11.1. The van der Waals surface area contributed by atoms with E-state index in [-0.39, 0.29) is 11.8 Å². The number of nitrogens with one attached hydrogen (secondary N) is 1. The second-order valence-electron chi connectivity index (χ2n) is 4.72. The second-order valence-corrected chi connectivity index (χ2v) is 4.72. The van der Waals surface area contributed by atoms with Gasteiger partial charge in [0, 0.05) is 5.92 Å². The zero-order valence-electron chi connectivity index (χ0n) is 9.80. The zero-order valence-corrected chi connectivity index (χ0v) is 9.80. The molecule has 0 aromatic rings. The van der Waals surface area contributed by atoms with E-state index in [9.17, 15) is 4.79 Å². The van der Waals surface area contributed by atoms with Crippen LogP contribution in [0.3, 0.4) is 0 Å². The summed E-state index contributed by atoms with van der Waals surface area (Å²) >= 11 is 0. The molecule has 1 amide bonds. The minimum absolute atomic E-state index is 0.0296. The van der Waals surface area contributed by atoms with Gasteiger partial charge in [-0.05, 0) is 31.6 Å². The number of carbonyl (C=O) groups excluding carboxylic acids is 1. The predicted octanol–water partition coefficient (Wildman–Crippen LogP) is 2.36. The molecule has 1 aliphatic rings. The summed E-state index contributed by atoms with van der Waals surface area (Å²) in [6.07, 6.45) is 9.83. The predicted molar refractivity (Wildman–Crippen MR) is 61.9 cm³/mol. The van der Waals surface area contributed by atoms with Crippen LogP contribution in [0.1, 0.15) is 58.3 Å². The third kappa shape index (κ3) is 4.20. The molecule has 0 atom stereocenters. The van der Waals surface area contributed by atoms with Crippen LogP contribution in [0.15, 0.2) is 0 Å². The molecule has 0 aromatic carbocycles. The van der Waals surface area contributed by atoms with E-state index in [4.69, 9.17) is 5.84 Å². The normalized spacial score (nSPS) is 26.3. The Morgan fingerprint density at radius 1 is 1.27 bits per heavy atom. The molecule has 0 spiro atoms. The molecule has 1 fully saturated rings. The Kier molecular flexibility index (Phi) is 5.69. The summed E-state index contributed by atoms with van der Waals surface area (Å²) in [6, 6.07) is 0. The van der Waals surface area contributed by atoms with E-state index in [0.717, 1.165) is 18.8 Å². The van der Waals surface area contributed by atoms with Crippen LogP contribution in [0, 0.1) is 11.8 Å². The summed E-state index contributed by atoms with van der Waals surface area (Å²) in [5.74, 6) is 6.20. The van der Waals surface area contributed by atoms with Crippen molar-refractivity contribution >= 4 is 5.91 Å².